The fraction of sp³-hybridized carbons (Fsp3) is 0.250. The lowest BCUT2D eigenvalue weighted by Crippen LogP contribution is -2.37. The maximum atomic E-state index is 13.2. The molecule has 0 bridgehead atoms. The summed E-state index contributed by atoms with van der Waals surface area (Å²) in [6.07, 6.45) is 2.52. The molecule has 0 spiro atoms. The van der Waals surface area contributed by atoms with Gasteiger partial charge in [-0.15, -0.1) is 0 Å². The Morgan fingerprint density at radius 3 is 2.68 bits per heavy atom. The number of amides is 1. The van der Waals surface area contributed by atoms with Crippen molar-refractivity contribution in [3.63, 3.8) is 0 Å². The molecule has 0 unspecified atom stereocenters. The number of benzene rings is 2. The molecule has 0 aliphatic rings. The summed E-state index contributed by atoms with van der Waals surface area (Å²) in [4.78, 5) is 14.5. The SMILES string of the molecule is NCCN(CCc1ccccc1)C(=O)Cc1coc2cc(F)ccc12. The third-order valence-corrected chi connectivity index (χ3v) is 4.22. The van der Waals surface area contributed by atoms with Gasteiger partial charge in [0.1, 0.15) is 11.4 Å². The van der Waals surface area contributed by atoms with Gasteiger partial charge in [-0.2, -0.15) is 0 Å². The second-order valence-electron chi connectivity index (χ2n) is 5.98. The highest BCUT2D eigenvalue weighted by Crippen LogP contribution is 2.23. The molecule has 4 nitrogen and oxygen atoms in total. The van der Waals surface area contributed by atoms with Gasteiger partial charge >= 0.3 is 0 Å². The number of rotatable bonds is 7. The van der Waals surface area contributed by atoms with Crippen LogP contribution in [0.3, 0.4) is 0 Å². The summed E-state index contributed by atoms with van der Waals surface area (Å²) in [7, 11) is 0. The van der Waals surface area contributed by atoms with Crippen molar-refractivity contribution in [2.75, 3.05) is 19.6 Å². The summed E-state index contributed by atoms with van der Waals surface area (Å²) in [5.74, 6) is -0.360. The number of hydrogen-bond donors (Lipinski definition) is 1. The van der Waals surface area contributed by atoms with Crippen LogP contribution in [-0.4, -0.2) is 30.4 Å². The first-order valence-electron chi connectivity index (χ1n) is 8.35. The number of fused-ring (bicyclic) bond motifs is 1. The molecule has 2 aromatic carbocycles. The van der Waals surface area contributed by atoms with Gasteiger partial charge in [-0.05, 0) is 24.1 Å². The lowest BCUT2D eigenvalue weighted by atomic mass is 10.1. The molecule has 0 saturated carbocycles. The molecule has 0 aliphatic carbocycles. The first-order chi connectivity index (χ1) is 12.2. The standard InChI is InChI=1S/C20H21FN2O2/c21-17-6-7-18-16(14-25-19(18)13-17)12-20(24)23(11-9-22)10-8-15-4-2-1-3-5-15/h1-7,13-14H,8-12,22H2. The summed E-state index contributed by atoms with van der Waals surface area (Å²) in [5, 5.41) is 0.769. The van der Waals surface area contributed by atoms with Crippen molar-refractivity contribution >= 4 is 16.9 Å². The van der Waals surface area contributed by atoms with E-state index in [0.717, 1.165) is 17.4 Å². The van der Waals surface area contributed by atoms with E-state index in [1.165, 1.54) is 24.0 Å². The number of hydrogen-bond acceptors (Lipinski definition) is 3. The molecule has 5 heteroatoms. The lowest BCUT2D eigenvalue weighted by molar-refractivity contribution is -0.130. The molecule has 130 valence electrons. The monoisotopic (exact) mass is 340 g/mol. The van der Waals surface area contributed by atoms with Gasteiger partial charge < -0.3 is 15.1 Å². The quantitative estimate of drug-likeness (QED) is 0.719. The number of carbonyl (C=O) groups excluding carboxylic acids is 1. The summed E-state index contributed by atoms with van der Waals surface area (Å²) >= 11 is 0. The van der Waals surface area contributed by atoms with Gasteiger partial charge in [0.25, 0.3) is 0 Å². The largest absolute Gasteiger partial charge is 0.464 e. The number of halogens is 1. The minimum absolute atomic E-state index is 0.00611. The van der Waals surface area contributed by atoms with Gasteiger partial charge in [0.2, 0.25) is 5.91 Å². The van der Waals surface area contributed by atoms with Crippen LogP contribution in [0.1, 0.15) is 11.1 Å². The van der Waals surface area contributed by atoms with Crippen molar-refractivity contribution in [2.45, 2.75) is 12.8 Å². The molecule has 3 aromatic rings. The zero-order valence-corrected chi connectivity index (χ0v) is 14.0. The minimum atomic E-state index is -0.354. The van der Waals surface area contributed by atoms with Crippen molar-refractivity contribution in [2.24, 2.45) is 5.73 Å². The topological polar surface area (TPSA) is 59.5 Å². The molecular formula is C20H21FN2O2. The molecule has 1 amide bonds. The normalized spacial score (nSPS) is 11.0. The van der Waals surface area contributed by atoms with Gasteiger partial charge in [0, 0.05) is 36.7 Å². The van der Waals surface area contributed by atoms with Crippen molar-refractivity contribution < 1.29 is 13.6 Å². The molecular weight excluding hydrogens is 319 g/mol. The molecule has 0 aliphatic heterocycles. The van der Waals surface area contributed by atoms with Crippen molar-refractivity contribution in [3.05, 3.63) is 71.7 Å². The van der Waals surface area contributed by atoms with Crippen LogP contribution in [0.2, 0.25) is 0 Å². The average molecular weight is 340 g/mol. The fourth-order valence-corrected chi connectivity index (χ4v) is 2.89. The summed E-state index contributed by atoms with van der Waals surface area (Å²) in [6, 6.07) is 14.4. The Morgan fingerprint density at radius 1 is 1.12 bits per heavy atom. The van der Waals surface area contributed by atoms with Crippen LogP contribution < -0.4 is 5.73 Å². The second-order valence-corrected chi connectivity index (χ2v) is 5.98. The van der Waals surface area contributed by atoms with Crippen LogP contribution in [-0.2, 0) is 17.6 Å². The van der Waals surface area contributed by atoms with Gasteiger partial charge in [-0.1, -0.05) is 30.3 Å². The van der Waals surface area contributed by atoms with Gasteiger partial charge in [-0.3, -0.25) is 4.79 Å². The van der Waals surface area contributed by atoms with Crippen molar-refractivity contribution in [1.82, 2.24) is 4.90 Å². The first kappa shape index (κ1) is 17.2. The molecule has 0 radical (unpaired) electrons. The van der Waals surface area contributed by atoms with Crippen LogP contribution in [0.15, 0.2) is 59.2 Å². The van der Waals surface area contributed by atoms with Crippen molar-refractivity contribution in [3.8, 4) is 0 Å². The van der Waals surface area contributed by atoms with Crippen molar-refractivity contribution in [1.29, 1.82) is 0 Å². The first-order valence-corrected chi connectivity index (χ1v) is 8.35. The Hall–Kier alpha value is -2.66. The van der Waals surface area contributed by atoms with Gasteiger partial charge in [-0.25, -0.2) is 4.39 Å². The van der Waals surface area contributed by atoms with E-state index in [9.17, 15) is 9.18 Å². The third-order valence-electron chi connectivity index (χ3n) is 4.22. The Balaban J connectivity index is 1.69. The average Bonchev–Trinajstić information content (AvgIpc) is 3.01. The Bertz CT molecular complexity index is 845. The number of nitrogens with zero attached hydrogens (tertiary/aromatic N) is 1. The highest BCUT2D eigenvalue weighted by Gasteiger charge is 2.16. The molecule has 25 heavy (non-hydrogen) atoms. The van der Waals surface area contributed by atoms with Crippen LogP contribution >= 0.6 is 0 Å². The van der Waals surface area contributed by atoms with E-state index >= 15 is 0 Å². The zero-order valence-electron chi connectivity index (χ0n) is 14.0. The molecule has 3 rings (SSSR count). The molecule has 0 atom stereocenters. The fourth-order valence-electron chi connectivity index (χ4n) is 2.89. The van der Waals surface area contributed by atoms with Crippen LogP contribution in [0.4, 0.5) is 4.39 Å². The molecule has 2 N–H and O–H groups in total. The van der Waals surface area contributed by atoms with Crippen LogP contribution in [0.25, 0.3) is 11.0 Å². The van der Waals surface area contributed by atoms with Crippen LogP contribution in [0.5, 0.6) is 0 Å². The van der Waals surface area contributed by atoms with E-state index in [2.05, 4.69) is 0 Å². The van der Waals surface area contributed by atoms with E-state index in [1.807, 2.05) is 30.3 Å². The lowest BCUT2D eigenvalue weighted by Gasteiger charge is -2.22. The van der Waals surface area contributed by atoms with Gasteiger partial charge in [0.05, 0.1) is 12.7 Å². The Morgan fingerprint density at radius 2 is 1.92 bits per heavy atom. The zero-order chi connectivity index (χ0) is 17.6. The highest BCUT2D eigenvalue weighted by molar-refractivity contribution is 5.87. The predicted molar refractivity (Wildman–Crippen MR) is 95.7 cm³/mol. The molecule has 1 aromatic heterocycles. The number of furan rings is 1. The predicted octanol–water partition coefficient (Wildman–Crippen LogP) is 3.14. The van der Waals surface area contributed by atoms with E-state index in [1.54, 1.807) is 11.0 Å². The number of carbonyl (C=O) groups is 1. The van der Waals surface area contributed by atoms with Gasteiger partial charge in [0.15, 0.2) is 0 Å². The highest BCUT2D eigenvalue weighted by atomic mass is 19.1. The Kier molecular flexibility index (Phi) is 5.46. The second kappa shape index (κ2) is 7.94. The third kappa shape index (κ3) is 4.25. The van der Waals surface area contributed by atoms with E-state index in [-0.39, 0.29) is 18.1 Å². The molecule has 0 fully saturated rings. The molecule has 0 saturated heterocycles. The van der Waals surface area contributed by atoms with E-state index in [0.29, 0.717) is 25.2 Å². The maximum absolute atomic E-state index is 13.2. The summed E-state index contributed by atoms with van der Waals surface area (Å²) < 4.78 is 18.6. The summed E-state index contributed by atoms with van der Waals surface area (Å²) in [6.45, 7) is 1.54. The Labute approximate surface area is 146 Å². The van der Waals surface area contributed by atoms with E-state index < -0.39 is 0 Å². The smallest absolute Gasteiger partial charge is 0.227 e. The van der Waals surface area contributed by atoms with E-state index in [4.69, 9.17) is 10.2 Å². The van der Waals surface area contributed by atoms with Crippen LogP contribution in [0, 0.1) is 5.82 Å². The maximum Gasteiger partial charge on any atom is 0.227 e. The number of nitrogens with two attached hydrogens (primary N) is 1. The minimum Gasteiger partial charge on any atom is -0.464 e. The summed E-state index contributed by atoms with van der Waals surface area (Å²) in [5.41, 5.74) is 8.07. The molecule has 1 heterocycles.